The summed E-state index contributed by atoms with van der Waals surface area (Å²) in [5.41, 5.74) is 1.26. The number of carboxylic acid groups (broad SMARTS) is 1. The number of para-hydroxylation sites is 2. The summed E-state index contributed by atoms with van der Waals surface area (Å²) < 4.78 is 5.20. The first-order chi connectivity index (χ1) is 8.61. The number of hydrogen-bond donors (Lipinski definition) is 2. The second-order valence-electron chi connectivity index (χ2n) is 3.56. The number of carboxylic acids is 1. The van der Waals surface area contributed by atoms with Crippen molar-refractivity contribution in [3.8, 4) is 5.75 Å². The van der Waals surface area contributed by atoms with Crippen LogP contribution in [0.4, 0.5) is 10.8 Å². The Bertz CT molecular complexity index is 580. The van der Waals surface area contributed by atoms with E-state index in [0.29, 0.717) is 16.6 Å². The van der Waals surface area contributed by atoms with Gasteiger partial charge in [0.1, 0.15) is 10.6 Å². The van der Waals surface area contributed by atoms with Crippen molar-refractivity contribution in [3.05, 3.63) is 34.8 Å². The Morgan fingerprint density at radius 1 is 1.44 bits per heavy atom. The molecular formula is C12H12N2O3S. The SMILES string of the molecule is COc1ccccc1Nc1nc(C)c(C(=O)O)s1. The fourth-order valence-electron chi connectivity index (χ4n) is 1.51. The van der Waals surface area contributed by atoms with Crippen molar-refractivity contribution in [2.75, 3.05) is 12.4 Å². The summed E-state index contributed by atoms with van der Waals surface area (Å²) in [7, 11) is 1.58. The third-order valence-corrected chi connectivity index (χ3v) is 3.40. The summed E-state index contributed by atoms with van der Waals surface area (Å²) in [6, 6.07) is 7.39. The average molecular weight is 264 g/mol. The number of benzene rings is 1. The van der Waals surface area contributed by atoms with Crippen LogP contribution in [0.2, 0.25) is 0 Å². The number of rotatable bonds is 4. The molecule has 0 radical (unpaired) electrons. The summed E-state index contributed by atoms with van der Waals surface area (Å²) in [4.78, 5) is 15.3. The Balaban J connectivity index is 2.29. The number of anilines is 2. The van der Waals surface area contributed by atoms with Crippen molar-refractivity contribution >= 4 is 28.1 Å². The lowest BCUT2D eigenvalue weighted by Gasteiger charge is -2.07. The van der Waals surface area contributed by atoms with E-state index < -0.39 is 5.97 Å². The summed E-state index contributed by atoms with van der Waals surface area (Å²) in [6.07, 6.45) is 0. The highest BCUT2D eigenvalue weighted by Gasteiger charge is 2.14. The third kappa shape index (κ3) is 2.43. The zero-order valence-electron chi connectivity index (χ0n) is 9.93. The number of aromatic nitrogens is 1. The topological polar surface area (TPSA) is 71.5 Å². The van der Waals surface area contributed by atoms with Gasteiger partial charge in [-0.05, 0) is 19.1 Å². The van der Waals surface area contributed by atoms with Crippen molar-refractivity contribution in [2.45, 2.75) is 6.92 Å². The van der Waals surface area contributed by atoms with Crippen LogP contribution in [0.5, 0.6) is 5.75 Å². The maximum absolute atomic E-state index is 10.9. The second kappa shape index (κ2) is 5.05. The van der Waals surface area contributed by atoms with Gasteiger partial charge in [-0.2, -0.15) is 0 Å². The van der Waals surface area contributed by atoms with Crippen molar-refractivity contribution in [1.29, 1.82) is 0 Å². The molecule has 0 aliphatic carbocycles. The van der Waals surface area contributed by atoms with Crippen LogP contribution in [0.25, 0.3) is 0 Å². The molecule has 0 amide bonds. The molecule has 0 fully saturated rings. The number of aromatic carboxylic acids is 1. The van der Waals surface area contributed by atoms with E-state index in [1.807, 2.05) is 24.3 Å². The minimum atomic E-state index is -0.960. The molecule has 2 N–H and O–H groups in total. The molecule has 6 heteroatoms. The molecule has 2 rings (SSSR count). The third-order valence-electron chi connectivity index (χ3n) is 2.34. The first-order valence-electron chi connectivity index (χ1n) is 5.22. The van der Waals surface area contributed by atoms with Gasteiger partial charge in [0.15, 0.2) is 5.13 Å². The van der Waals surface area contributed by atoms with Crippen LogP contribution in [0.15, 0.2) is 24.3 Å². The molecular weight excluding hydrogens is 252 g/mol. The van der Waals surface area contributed by atoms with E-state index in [-0.39, 0.29) is 4.88 Å². The molecule has 2 aromatic rings. The number of carbonyl (C=O) groups is 1. The zero-order valence-corrected chi connectivity index (χ0v) is 10.7. The van der Waals surface area contributed by atoms with Gasteiger partial charge in [-0.3, -0.25) is 0 Å². The molecule has 1 heterocycles. The molecule has 0 saturated heterocycles. The monoisotopic (exact) mass is 264 g/mol. The lowest BCUT2D eigenvalue weighted by Crippen LogP contribution is -1.94. The molecule has 0 aliphatic heterocycles. The fraction of sp³-hybridized carbons (Fsp3) is 0.167. The second-order valence-corrected chi connectivity index (χ2v) is 4.56. The smallest absolute Gasteiger partial charge is 0.347 e. The predicted octanol–water partition coefficient (Wildman–Crippen LogP) is 2.90. The summed E-state index contributed by atoms with van der Waals surface area (Å²) >= 11 is 1.10. The highest BCUT2D eigenvalue weighted by molar-refractivity contribution is 7.17. The molecule has 0 aliphatic rings. The summed E-state index contributed by atoms with van der Waals surface area (Å²) in [6.45, 7) is 1.67. The van der Waals surface area contributed by atoms with E-state index in [2.05, 4.69) is 10.3 Å². The molecule has 0 spiro atoms. The van der Waals surface area contributed by atoms with Gasteiger partial charge in [-0.1, -0.05) is 23.5 Å². The quantitative estimate of drug-likeness (QED) is 0.888. The number of nitrogens with one attached hydrogen (secondary N) is 1. The van der Waals surface area contributed by atoms with E-state index >= 15 is 0 Å². The molecule has 0 saturated carbocycles. The van der Waals surface area contributed by atoms with E-state index in [4.69, 9.17) is 9.84 Å². The minimum Gasteiger partial charge on any atom is -0.495 e. The Morgan fingerprint density at radius 3 is 2.78 bits per heavy atom. The Kier molecular flexibility index (Phi) is 3.47. The van der Waals surface area contributed by atoms with Crippen molar-refractivity contribution in [3.63, 3.8) is 0 Å². The minimum absolute atomic E-state index is 0.243. The summed E-state index contributed by atoms with van der Waals surface area (Å²) in [5.74, 6) is -0.277. The number of hydrogen-bond acceptors (Lipinski definition) is 5. The highest BCUT2D eigenvalue weighted by Crippen LogP contribution is 2.30. The molecule has 5 nitrogen and oxygen atoms in total. The average Bonchev–Trinajstić information content (AvgIpc) is 2.71. The zero-order chi connectivity index (χ0) is 13.1. The standard InChI is InChI=1S/C12H12N2O3S/c1-7-10(11(15)16)18-12(13-7)14-8-5-3-4-6-9(8)17-2/h3-6H,1-2H3,(H,13,14)(H,15,16). The molecule has 94 valence electrons. The van der Waals surface area contributed by atoms with Gasteiger partial charge in [0.25, 0.3) is 0 Å². The van der Waals surface area contributed by atoms with Gasteiger partial charge in [-0.15, -0.1) is 0 Å². The van der Waals surface area contributed by atoms with Crippen LogP contribution in [-0.2, 0) is 0 Å². The van der Waals surface area contributed by atoms with E-state index in [1.54, 1.807) is 14.0 Å². The number of methoxy groups -OCH3 is 1. The Labute approximate surface area is 108 Å². The maximum atomic E-state index is 10.9. The van der Waals surface area contributed by atoms with Crippen molar-refractivity contribution in [2.24, 2.45) is 0 Å². The van der Waals surface area contributed by atoms with Crippen LogP contribution < -0.4 is 10.1 Å². The molecule has 1 aromatic heterocycles. The number of thiazole rings is 1. The van der Waals surface area contributed by atoms with E-state index in [1.165, 1.54) is 0 Å². The molecule has 1 aromatic carbocycles. The lowest BCUT2D eigenvalue weighted by molar-refractivity contribution is 0.0701. The van der Waals surface area contributed by atoms with Gasteiger partial charge in [0.2, 0.25) is 0 Å². The van der Waals surface area contributed by atoms with E-state index in [9.17, 15) is 4.79 Å². The maximum Gasteiger partial charge on any atom is 0.347 e. The number of aryl methyl sites for hydroxylation is 1. The lowest BCUT2D eigenvalue weighted by atomic mass is 10.3. The van der Waals surface area contributed by atoms with Gasteiger partial charge in [-0.25, -0.2) is 9.78 Å². The van der Waals surface area contributed by atoms with Gasteiger partial charge in [0, 0.05) is 0 Å². The van der Waals surface area contributed by atoms with Crippen LogP contribution in [0.1, 0.15) is 15.4 Å². The largest absolute Gasteiger partial charge is 0.495 e. The first kappa shape index (κ1) is 12.4. The van der Waals surface area contributed by atoms with Gasteiger partial charge < -0.3 is 15.2 Å². The predicted molar refractivity (Wildman–Crippen MR) is 70.1 cm³/mol. The van der Waals surface area contributed by atoms with E-state index in [0.717, 1.165) is 17.0 Å². The van der Waals surface area contributed by atoms with Crippen LogP contribution in [-0.4, -0.2) is 23.2 Å². The molecule has 18 heavy (non-hydrogen) atoms. The van der Waals surface area contributed by atoms with Crippen LogP contribution in [0.3, 0.4) is 0 Å². The van der Waals surface area contributed by atoms with Gasteiger partial charge >= 0.3 is 5.97 Å². The molecule has 0 bridgehead atoms. The number of ether oxygens (including phenoxy) is 1. The van der Waals surface area contributed by atoms with Crippen LogP contribution >= 0.6 is 11.3 Å². The summed E-state index contributed by atoms with van der Waals surface area (Å²) in [5, 5.41) is 12.6. The molecule has 0 unspecified atom stereocenters. The van der Waals surface area contributed by atoms with Crippen molar-refractivity contribution < 1.29 is 14.6 Å². The Hall–Kier alpha value is -2.08. The molecule has 0 atom stereocenters. The first-order valence-corrected chi connectivity index (χ1v) is 6.04. The normalized spacial score (nSPS) is 10.1. The number of nitrogens with zero attached hydrogens (tertiary/aromatic N) is 1. The van der Waals surface area contributed by atoms with Crippen LogP contribution in [0, 0.1) is 6.92 Å². The van der Waals surface area contributed by atoms with Gasteiger partial charge in [0.05, 0.1) is 18.5 Å². The fourth-order valence-corrected chi connectivity index (χ4v) is 2.33. The Morgan fingerprint density at radius 2 is 2.17 bits per heavy atom. The highest BCUT2D eigenvalue weighted by atomic mass is 32.1. The van der Waals surface area contributed by atoms with Crippen molar-refractivity contribution in [1.82, 2.24) is 4.98 Å².